The van der Waals surface area contributed by atoms with Crippen molar-refractivity contribution >= 4 is 23.5 Å². The normalized spacial score (nSPS) is 14.0. The lowest BCUT2D eigenvalue weighted by molar-refractivity contribution is -0.384. The first-order valence-corrected chi connectivity index (χ1v) is 5.46. The molecule has 1 aromatic carbocycles. The van der Waals surface area contributed by atoms with Gasteiger partial charge in [0, 0.05) is 18.7 Å². The fourth-order valence-electron chi connectivity index (χ4n) is 1.52. The molecule has 0 radical (unpaired) electrons. The summed E-state index contributed by atoms with van der Waals surface area (Å²) in [7, 11) is 0. The minimum Gasteiger partial charge on any atom is -0.288 e. The Morgan fingerprint density at radius 2 is 1.68 bits per heavy atom. The van der Waals surface area contributed by atoms with Gasteiger partial charge in [0.1, 0.15) is 0 Å². The average Bonchev–Trinajstić information content (AvgIpc) is 2.69. The first-order chi connectivity index (χ1) is 9.06. The Labute approximate surface area is 107 Å². The second-order valence-electron chi connectivity index (χ2n) is 3.81. The number of non-ortho nitro benzene ring substituents is 1. The minimum absolute atomic E-state index is 0.0328. The fourth-order valence-corrected chi connectivity index (χ4v) is 1.52. The zero-order valence-electron chi connectivity index (χ0n) is 9.75. The van der Waals surface area contributed by atoms with E-state index in [1.165, 1.54) is 12.1 Å². The number of nitro groups is 1. The number of benzene rings is 1. The Hall–Kier alpha value is -2.77. The van der Waals surface area contributed by atoms with E-state index >= 15 is 0 Å². The quantitative estimate of drug-likeness (QED) is 0.442. The van der Waals surface area contributed by atoms with Crippen LogP contribution in [0.2, 0.25) is 0 Å². The predicted molar refractivity (Wildman–Crippen MR) is 65.4 cm³/mol. The van der Waals surface area contributed by atoms with Crippen molar-refractivity contribution in [1.29, 1.82) is 0 Å². The summed E-state index contributed by atoms with van der Waals surface area (Å²) in [5.41, 5.74) is 0.913. The monoisotopic (exact) mass is 262 g/mol. The third-order valence-electron chi connectivity index (χ3n) is 2.49. The van der Waals surface area contributed by atoms with E-state index in [9.17, 15) is 19.7 Å². The minimum atomic E-state index is -0.728. The lowest BCUT2D eigenvalue weighted by Crippen LogP contribution is -2.26. The second-order valence-corrected chi connectivity index (χ2v) is 3.81. The van der Waals surface area contributed by atoms with E-state index in [4.69, 9.17) is 0 Å². The van der Waals surface area contributed by atoms with E-state index in [1.807, 2.05) is 0 Å². The molecule has 1 aliphatic rings. The van der Waals surface area contributed by atoms with Gasteiger partial charge in [0.15, 0.2) is 0 Å². The Morgan fingerprint density at radius 1 is 1.11 bits per heavy atom. The Balaban J connectivity index is 1.89. The van der Waals surface area contributed by atoms with Crippen molar-refractivity contribution in [1.82, 2.24) is 10.6 Å². The zero-order chi connectivity index (χ0) is 13.8. The molecule has 1 saturated heterocycles. The molecule has 8 heteroatoms. The highest BCUT2D eigenvalue weighted by Crippen LogP contribution is 2.12. The summed E-state index contributed by atoms with van der Waals surface area (Å²) in [4.78, 5) is 35.7. The molecule has 0 saturated carbocycles. The summed E-state index contributed by atoms with van der Waals surface area (Å²) in [5, 5.41) is 15.0. The molecule has 8 nitrogen and oxygen atoms in total. The van der Waals surface area contributed by atoms with E-state index in [2.05, 4.69) is 15.6 Å². The zero-order valence-corrected chi connectivity index (χ0v) is 9.75. The predicted octanol–water partition coefficient (Wildman–Crippen LogP) is -0.261. The van der Waals surface area contributed by atoms with Crippen molar-refractivity contribution in [2.75, 3.05) is 6.54 Å². The van der Waals surface area contributed by atoms with Crippen molar-refractivity contribution in [3.05, 3.63) is 39.9 Å². The number of hydrogen-bond donors (Lipinski definition) is 2. The van der Waals surface area contributed by atoms with Crippen LogP contribution in [0.4, 0.5) is 5.69 Å². The van der Waals surface area contributed by atoms with Gasteiger partial charge < -0.3 is 0 Å². The summed E-state index contributed by atoms with van der Waals surface area (Å²) in [6.45, 7) is 0.355. The average molecular weight is 262 g/mol. The van der Waals surface area contributed by atoms with Crippen molar-refractivity contribution < 1.29 is 14.5 Å². The van der Waals surface area contributed by atoms with Crippen molar-refractivity contribution in [2.24, 2.45) is 4.99 Å². The maximum Gasteiger partial charge on any atom is 0.316 e. The van der Waals surface area contributed by atoms with Gasteiger partial charge in [-0.2, -0.15) is 0 Å². The molecule has 19 heavy (non-hydrogen) atoms. The van der Waals surface area contributed by atoms with Crippen LogP contribution in [0.3, 0.4) is 0 Å². The molecule has 0 unspecified atom stereocenters. The molecule has 1 aromatic rings. The highest BCUT2D eigenvalue weighted by Gasteiger charge is 2.24. The molecule has 0 bridgehead atoms. The Morgan fingerprint density at radius 3 is 2.21 bits per heavy atom. The van der Waals surface area contributed by atoms with Crippen molar-refractivity contribution in [3.63, 3.8) is 0 Å². The smallest absolute Gasteiger partial charge is 0.288 e. The van der Waals surface area contributed by atoms with Crippen molar-refractivity contribution in [3.8, 4) is 0 Å². The first kappa shape index (κ1) is 12.7. The third kappa shape index (κ3) is 3.12. The number of nitro benzene ring substituents is 1. The summed E-state index contributed by atoms with van der Waals surface area (Å²) in [5.74, 6) is -1.32. The molecule has 1 fully saturated rings. The molecule has 0 aliphatic carbocycles. The lowest BCUT2D eigenvalue weighted by atomic mass is 10.1. The van der Waals surface area contributed by atoms with Crippen LogP contribution < -0.4 is 10.6 Å². The number of amides is 2. The number of nitrogens with zero attached hydrogens (tertiary/aromatic N) is 2. The molecule has 2 N–H and O–H groups in total. The maximum absolute atomic E-state index is 10.9. The molecule has 0 spiro atoms. The molecule has 1 heterocycles. The van der Waals surface area contributed by atoms with E-state index < -0.39 is 16.7 Å². The molecule has 2 amide bonds. The van der Waals surface area contributed by atoms with Crippen LogP contribution >= 0.6 is 0 Å². The largest absolute Gasteiger partial charge is 0.316 e. The topological polar surface area (TPSA) is 114 Å². The van der Waals surface area contributed by atoms with Gasteiger partial charge in [-0.3, -0.25) is 35.3 Å². The van der Waals surface area contributed by atoms with Crippen LogP contribution in [-0.4, -0.2) is 29.2 Å². The first-order valence-electron chi connectivity index (χ1n) is 5.46. The van der Waals surface area contributed by atoms with Gasteiger partial charge >= 0.3 is 11.8 Å². The van der Waals surface area contributed by atoms with E-state index in [-0.39, 0.29) is 11.6 Å². The molecule has 0 atom stereocenters. The van der Waals surface area contributed by atoms with Crippen LogP contribution in [0.1, 0.15) is 5.56 Å². The Kier molecular flexibility index (Phi) is 3.51. The van der Waals surface area contributed by atoms with Gasteiger partial charge in [-0.25, -0.2) is 0 Å². The second kappa shape index (κ2) is 5.25. The number of rotatable bonds is 4. The van der Waals surface area contributed by atoms with Crippen molar-refractivity contribution in [2.45, 2.75) is 6.42 Å². The van der Waals surface area contributed by atoms with Crippen LogP contribution in [0, 0.1) is 10.1 Å². The number of hydrogen-bond acceptors (Lipinski definition) is 5. The van der Waals surface area contributed by atoms with Gasteiger partial charge in [0.05, 0.1) is 4.92 Å². The van der Waals surface area contributed by atoms with E-state index in [1.54, 1.807) is 12.1 Å². The molecule has 98 valence electrons. The highest BCUT2D eigenvalue weighted by molar-refractivity contribution is 6.45. The number of nitrogens with one attached hydrogen (secondary N) is 2. The summed E-state index contributed by atoms with van der Waals surface area (Å²) in [6.07, 6.45) is 0.549. The van der Waals surface area contributed by atoms with E-state index in [0.29, 0.717) is 13.0 Å². The summed E-state index contributed by atoms with van der Waals surface area (Å²) >= 11 is 0. The number of aliphatic imine (C=N–C) groups is 1. The van der Waals surface area contributed by atoms with Crippen LogP contribution in [0.15, 0.2) is 29.3 Å². The Bertz CT molecular complexity index is 547. The highest BCUT2D eigenvalue weighted by atomic mass is 16.6. The van der Waals surface area contributed by atoms with Gasteiger partial charge in [0.2, 0.25) is 5.96 Å². The van der Waals surface area contributed by atoms with Gasteiger partial charge in [-0.15, -0.1) is 0 Å². The SMILES string of the molecule is O=C1NC(=NCCc2ccc([N+](=O)[O-])cc2)NC1=O. The number of carbonyl (C=O) groups is 2. The van der Waals surface area contributed by atoms with Crippen LogP contribution in [0.5, 0.6) is 0 Å². The van der Waals surface area contributed by atoms with E-state index in [0.717, 1.165) is 5.56 Å². The van der Waals surface area contributed by atoms with Crippen LogP contribution in [-0.2, 0) is 16.0 Å². The molecule has 1 aliphatic heterocycles. The lowest BCUT2D eigenvalue weighted by Gasteiger charge is -1.99. The molecule has 2 rings (SSSR count). The molecule has 0 aromatic heterocycles. The fraction of sp³-hybridized carbons (Fsp3) is 0.182. The standard InChI is InChI=1S/C11H10N4O4/c16-9-10(17)14-11(13-9)12-6-5-7-1-3-8(4-2-7)15(18)19/h1-4H,5-6H2,(H2,12,13,14,16,17). The van der Waals surface area contributed by atoms with Gasteiger partial charge in [0.25, 0.3) is 5.69 Å². The molecular formula is C11H10N4O4. The van der Waals surface area contributed by atoms with Crippen LogP contribution in [0.25, 0.3) is 0 Å². The summed E-state index contributed by atoms with van der Waals surface area (Å²) < 4.78 is 0. The molecular weight excluding hydrogens is 252 g/mol. The summed E-state index contributed by atoms with van der Waals surface area (Å²) in [6, 6.07) is 6.12. The third-order valence-corrected chi connectivity index (χ3v) is 2.49. The number of guanidine groups is 1. The maximum atomic E-state index is 10.9. The van der Waals surface area contributed by atoms with Gasteiger partial charge in [-0.1, -0.05) is 12.1 Å². The number of carbonyl (C=O) groups excluding carboxylic acids is 2. The van der Waals surface area contributed by atoms with Gasteiger partial charge in [-0.05, 0) is 12.0 Å².